The Morgan fingerprint density at radius 2 is 1.95 bits per heavy atom. The van der Waals surface area contributed by atoms with Crippen molar-refractivity contribution in [3.63, 3.8) is 0 Å². The highest BCUT2D eigenvalue weighted by Crippen LogP contribution is 2.21. The molecule has 0 saturated carbocycles. The third kappa shape index (κ3) is 3.95. The van der Waals surface area contributed by atoms with Crippen molar-refractivity contribution in [1.82, 2.24) is 5.32 Å². The Morgan fingerprint density at radius 1 is 1.29 bits per heavy atom. The number of halogens is 2. The number of anilines is 1. The number of amides is 1. The van der Waals surface area contributed by atoms with E-state index in [1.54, 1.807) is 30.3 Å². The Bertz CT molecular complexity index is 623. The summed E-state index contributed by atoms with van der Waals surface area (Å²) in [5.41, 5.74) is 7.35. The summed E-state index contributed by atoms with van der Waals surface area (Å²) in [6.45, 7) is 1.87. The SMILES string of the molecule is CC(Cc1ccc(F)cc1)NC(=O)c1c(N)cccc1Cl. The summed E-state index contributed by atoms with van der Waals surface area (Å²) in [7, 11) is 0. The van der Waals surface area contributed by atoms with Gasteiger partial charge in [0.05, 0.1) is 10.6 Å². The summed E-state index contributed by atoms with van der Waals surface area (Å²) in [4.78, 5) is 12.2. The number of hydrogen-bond acceptors (Lipinski definition) is 2. The van der Waals surface area contributed by atoms with Crippen LogP contribution in [0.2, 0.25) is 5.02 Å². The molecule has 0 aromatic heterocycles. The minimum atomic E-state index is -0.312. The van der Waals surface area contributed by atoms with Crippen LogP contribution in [-0.4, -0.2) is 11.9 Å². The van der Waals surface area contributed by atoms with Crippen molar-refractivity contribution in [1.29, 1.82) is 0 Å². The molecule has 5 heteroatoms. The number of carbonyl (C=O) groups excluding carboxylic acids is 1. The minimum absolute atomic E-state index is 0.126. The van der Waals surface area contributed by atoms with Gasteiger partial charge in [-0.3, -0.25) is 4.79 Å². The molecule has 0 spiro atoms. The van der Waals surface area contributed by atoms with Crippen LogP contribution >= 0.6 is 11.6 Å². The van der Waals surface area contributed by atoms with E-state index >= 15 is 0 Å². The molecular weight excluding hydrogens is 291 g/mol. The third-order valence-corrected chi connectivity index (χ3v) is 3.42. The number of rotatable bonds is 4. The van der Waals surface area contributed by atoms with Gasteiger partial charge < -0.3 is 11.1 Å². The van der Waals surface area contributed by atoms with Gasteiger partial charge in [-0.1, -0.05) is 29.8 Å². The summed E-state index contributed by atoms with van der Waals surface area (Å²) in [6, 6.07) is 11.0. The van der Waals surface area contributed by atoms with E-state index in [1.165, 1.54) is 12.1 Å². The van der Waals surface area contributed by atoms with Crippen LogP contribution < -0.4 is 11.1 Å². The average molecular weight is 307 g/mol. The predicted octanol–water partition coefficient (Wildman–Crippen LogP) is 3.42. The Labute approximate surface area is 127 Å². The second-order valence-electron chi connectivity index (χ2n) is 4.91. The molecule has 0 heterocycles. The van der Waals surface area contributed by atoms with Gasteiger partial charge in [0, 0.05) is 11.7 Å². The van der Waals surface area contributed by atoms with Crippen molar-refractivity contribution in [3.8, 4) is 0 Å². The zero-order chi connectivity index (χ0) is 15.4. The van der Waals surface area contributed by atoms with E-state index in [2.05, 4.69) is 5.32 Å². The summed E-state index contributed by atoms with van der Waals surface area (Å²) in [6.07, 6.45) is 0.594. The first-order chi connectivity index (χ1) is 9.97. The topological polar surface area (TPSA) is 55.1 Å². The van der Waals surface area contributed by atoms with Crippen molar-refractivity contribution in [2.75, 3.05) is 5.73 Å². The highest BCUT2D eigenvalue weighted by atomic mass is 35.5. The second kappa shape index (κ2) is 6.59. The molecule has 2 rings (SSSR count). The molecule has 0 aliphatic heterocycles. The summed E-state index contributed by atoms with van der Waals surface area (Å²) in [5, 5.41) is 3.16. The van der Waals surface area contributed by atoms with E-state index in [-0.39, 0.29) is 23.3 Å². The molecule has 1 amide bonds. The van der Waals surface area contributed by atoms with Gasteiger partial charge in [-0.2, -0.15) is 0 Å². The molecule has 3 N–H and O–H groups in total. The number of hydrogen-bond donors (Lipinski definition) is 2. The van der Waals surface area contributed by atoms with Crippen LogP contribution in [0, 0.1) is 5.82 Å². The van der Waals surface area contributed by atoms with Gasteiger partial charge in [-0.15, -0.1) is 0 Å². The third-order valence-electron chi connectivity index (χ3n) is 3.11. The summed E-state index contributed by atoms with van der Waals surface area (Å²) < 4.78 is 12.8. The molecule has 0 aliphatic carbocycles. The number of nitrogen functional groups attached to an aromatic ring is 1. The van der Waals surface area contributed by atoms with Gasteiger partial charge >= 0.3 is 0 Å². The van der Waals surface area contributed by atoms with Crippen molar-refractivity contribution >= 4 is 23.2 Å². The molecule has 0 bridgehead atoms. The number of carbonyl (C=O) groups is 1. The van der Waals surface area contributed by atoms with Gasteiger partial charge in [-0.25, -0.2) is 4.39 Å². The molecule has 2 aromatic carbocycles. The van der Waals surface area contributed by atoms with E-state index in [9.17, 15) is 9.18 Å². The van der Waals surface area contributed by atoms with Crippen molar-refractivity contribution in [2.24, 2.45) is 0 Å². The first-order valence-corrected chi connectivity index (χ1v) is 6.94. The van der Waals surface area contributed by atoms with E-state index in [1.807, 2.05) is 6.92 Å². The maximum atomic E-state index is 12.8. The van der Waals surface area contributed by atoms with Crippen LogP contribution in [0.4, 0.5) is 10.1 Å². The maximum absolute atomic E-state index is 12.8. The molecule has 2 aromatic rings. The smallest absolute Gasteiger partial charge is 0.255 e. The maximum Gasteiger partial charge on any atom is 0.255 e. The molecular formula is C16H16ClFN2O. The second-order valence-corrected chi connectivity index (χ2v) is 5.32. The molecule has 1 atom stereocenters. The Kier molecular flexibility index (Phi) is 4.81. The predicted molar refractivity (Wildman–Crippen MR) is 82.9 cm³/mol. The average Bonchev–Trinajstić information content (AvgIpc) is 2.41. The van der Waals surface area contributed by atoms with E-state index < -0.39 is 0 Å². The molecule has 3 nitrogen and oxygen atoms in total. The van der Waals surface area contributed by atoms with Crippen LogP contribution in [-0.2, 0) is 6.42 Å². The lowest BCUT2D eigenvalue weighted by molar-refractivity contribution is 0.0941. The lowest BCUT2D eigenvalue weighted by atomic mass is 10.1. The largest absolute Gasteiger partial charge is 0.398 e. The van der Waals surface area contributed by atoms with Gasteiger partial charge in [0.25, 0.3) is 5.91 Å². The van der Waals surface area contributed by atoms with Crippen molar-refractivity contribution in [3.05, 3.63) is 64.4 Å². The molecule has 1 unspecified atom stereocenters. The van der Waals surface area contributed by atoms with Gasteiger partial charge in [0.2, 0.25) is 0 Å². The molecule has 0 saturated heterocycles. The lowest BCUT2D eigenvalue weighted by Crippen LogP contribution is -2.34. The van der Waals surface area contributed by atoms with E-state index in [0.717, 1.165) is 5.56 Å². The summed E-state index contributed by atoms with van der Waals surface area (Å²) in [5.74, 6) is -0.591. The summed E-state index contributed by atoms with van der Waals surface area (Å²) >= 11 is 6.00. The van der Waals surface area contributed by atoms with Gasteiger partial charge in [-0.05, 0) is 43.2 Å². The Balaban J connectivity index is 2.04. The van der Waals surface area contributed by atoms with E-state index in [4.69, 9.17) is 17.3 Å². The zero-order valence-corrected chi connectivity index (χ0v) is 12.3. The molecule has 0 aliphatic rings. The van der Waals surface area contributed by atoms with E-state index in [0.29, 0.717) is 17.1 Å². The number of nitrogens with two attached hydrogens (primary N) is 1. The highest BCUT2D eigenvalue weighted by molar-refractivity contribution is 6.34. The molecule has 110 valence electrons. The number of nitrogens with one attached hydrogen (secondary N) is 1. The van der Waals surface area contributed by atoms with Crippen molar-refractivity contribution in [2.45, 2.75) is 19.4 Å². The first kappa shape index (κ1) is 15.3. The first-order valence-electron chi connectivity index (χ1n) is 6.56. The molecule has 0 fully saturated rings. The van der Waals surface area contributed by atoms with Crippen LogP contribution in [0.25, 0.3) is 0 Å². The monoisotopic (exact) mass is 306 g/mol. The van der Waals surface area contributed by atoms with Crippen molar-refractivity contribution < 1.29 is 9.18 Å². The van der Waals surface area contributed by atoms with Gasteiger partial charge in [0.15, 0.2) is 0 Å². The van der Waals surface area contributed by atoms with Crippen LogP contribution in [0.3, 0.4) is 0 Å². The lowest BCUT2D eigenvalue weighted by Gasteiger charge is -2.15. The fourth-order valence-corrected chi connectivity index (χ4v) is 2.37. The normalized spacial score (nSPS) is 12.0. The zero-order valence-electron chi connectivity index (χ0n) is 11.6. The fourth-order valence-electron chi connectivity index (χ4n) is 2.10. The van der Waals surface area contributed by atoms with Gasteiger partial charge in [0.1, 0.15) is 5.82 Å². The molecule has 0 radical (unpaired) electrons. The minimum Gasteiger partial charge on any atom is -0.398 e. The fraction of sp³-hybridized carbons (Fsp3) is 0.188. The quantitative estimate of drug-likeness (QED) is 0.850. The Morgan fingerprint density at radius 3 is 2.57 bits per heavy atom. The van der Waals surface area contributed by atoms with Crippen LogP contribution in [0.1, 0.15) is 22.8 Å². The molecule has 21 heavy (non-hydrogen) atoms. The van der Waals surface area contributed by atoms with Crippen LogP contribution in [0.5, 0.6) is 0 Å². The number of benzene rings is 2. The van der Waals surface area contributed by atoms with Crippen LogP contribution in [0.15, 0.2) is 42.5 Å². The highest BCUT2D eigenvalue weighted by Gasteiger charge is 2.16. The standard InChI is InChI=1S/C16H16ClFN2O/c1-10(9-11-5-7-12(18)8-6-11)20-16(21)15-13(17)3-2-4-14(15)19/h2-8,10H,9,19H2,1H3,(H,20,21). The Hall–Kier alpha value is -2.07.